The summed E-state index contributed by atoms with van der Waals surface area (Å²) in [6.45, 7) is 5.71. The van der Waals surface area contributed by atoms with Gasteiger partial charge in [0.05, 0.1) is 12.3 Å². The Morgan fingerprint density at radius 1 is 1.50 bits per heavy atom. The third kappa shape index (κ3) is 3.96. The fourth-order valence-electron chi connectivity index (χ4n) is 1.97. The lowest BCUT2D eigenvalue weighted by atomic mass is 10.2. The highest BCUT2D eigenvalue weighted by molar-refractivity contribution is 5.46. The third-order valence-corrected chi connectivity index (χ3v) is 3.26. The second-order valence-electron chi connectivity index (χ2n) is 4.73. The van der Waals surface area contributed by atoms with Gasteiger partial charge < -0.3 is 15.0 Å². The van der Waals surface area contributed by atoms with Crippen molar-refractivity contribution in [3.8, 4) is 0 Å². The first-order valence-electron chi connectivity index (χ1n) is 6.75. The van der Waals surface area contributed by atoms with E-state index in [9.17, 15) is 0 Å². The highest BCUT2D eigenvalue weighted by Gasteiger charge is 2.20. The van der Waals surface area contributed by atoms with Gasteiger partial charge in [0, 0.05) is 44.7 Å². The number of nitrogens with one attached hydrogen (secondary N) is 1. The van der Waals surface area contributed by atoms with Crippen LogP contribution in [0, 0.1) is 0 Å². The van der Waals surface area contributed by atoms with E-state index in [4.69, 9.17) is 4.74 Å². The van der Waals surface area contributed by atoms with Crippen molar-refractivity contribution in [2.75, 3.05) is 31.7 Å². The number of nitrogens with zero attached hydrogens (tertiary/aromatic N) is 2. The molecule has 1 aromatic heterocycles. The molecule has 18 heavy (non-hydrogen) atoms. The fraction of sp³-hybridized carbons (Fsp3) is 0.643. The van der Waals surface area contributed by atoms with Crippen LogP contribution in [0.1, 0.15) is 25.5 Å². The molecule has 0 unspecified atom stereocenters. The summed E-state index contributed by atoms with van der Waals surface area (Å²) in [5, 5.41) is 3.49. The minimum Gasteiger partial charge on any atom is -0.383 e. The monoisotopic (exact) mass is 249 g/mol. The Kier molecular flexibility index (Phi) is 4.96. The molecule has 0 radical (unpaired) electrons. The van der Waals surface area contributed by atoms with Gasteiger partial charge in [-0.2, -0.15) is 0 Å². The highest BCUT2D eigenvalue weighted by Crippen LogP contribution is 2.20. The maximum absolute atomic E-state index is 5.14. The molecule has 100 valence electrons. The molecule has 2 rings (SSSR count). The number of pyridine rings is 1. The van der Waals surface area contributed by atoms with Crippen LogP contribution in [-0.4, -0.2) is 37.8 Å². The van der Waals surface area contributed by atoms with Gasteiger partial charge in [0.25, 0.3) is 0 Å². The van der Waals surface area contributed by atoms with Crippen molar-refractivity contribution in [2.24, 2.45) is 0 Å². The SMILES string of the molecule is CCN(CCOC)c1ccnc(CNC2CC2)c1. The van der Waals surface area contributed by atoms with Gasteiger partial charge in [-0.15, -0.1) is 0 Å². The Balaban J connectivity index is 1.94. The molecule has 1 saturated carbocycles. The van der Waals surface area contributed by atoms with Gasteiger partial charge in [-0.3, -0.25) is 4.98 Å². The van der Waals surface area contributed by atoms with Crippen molar-refractivity contribution in [1.82, 2.24) is 10.3 Å². The number of anilines is 1. The zero-order chi connectivity index (χ0) is 12.8. The van der Waals surface area contributed by atoms with Crippen LogP contribution in [0.15, 0.2) is 18.3 Å². The van der Waals surface area contributed by atoms with E-state index in [0.29, 0.717) is 0 Å². The first-order chi connectivity index (χ1) is 8.83. The van der Waals surface area contributed by atoms with E-state index in [0.717, 1.165) is 38.0 Å². The third-order valence-electron chi connectivity index (χ3n) is 3.26. The molecule has 0 aromatic carbocycles. The molecular formula is C14H23N3O. The minimum atomic E-state index is 0.728. The van der Waals surface area contributed by atoms with Crippen LogP contribution in [0.5, 0.6) is 0 Å². The Labute approximate surface area is 109 Å². The number of rotatable bonds is 8. The summed E-state index contributed by atoms with van der Waals surface area (Å²) in [6.07, 6.45) is 4.53. The van der Waals surface area contributed by atoms with E-state index >= 15 is 0 Å². The van der Waals surface area contributed by atoms with Crippen LogP contribution in [0.3, 0.4) is 0 Å². The average molecular weight is 249 g/mol. The summed E-state index contributed by atoms with van der Waals surface area (Å²) in [6, 6.07) is 4.97. The standard InChI is InChI=1S/C14H23N3O/c1-3-17(8-9-18-2)14-6-7-15-13(10-14)11-16-12-4-5-12/h6-7,10,12,16H,3-5,8-9,11H2,1-2H3. The minimum absolute atomic E-state index is 0.728. The van der Waals surface area contributed by atoms with Crippen LogP contribution in [0.2, 0.25) is 0 Å². The predicted octanol–water partition coefficient (Wildman–Crippen LogP) is 1.81. The zero-order valence-corrected chi connectivity index (χ0v) is 11.4. The van der Waals surface area contributed by atoms with Gasteiger partial charge >= 0.3 is 0 Å². The van der Waals surface area contributed by atoms with Gasteiger partial charge in [0.1, 0.15) is 0 Å². The van der Waals surface area contributed by atoms with Crippen LogP contribution in [0.4, 0.5) is 5.69 Å². The number of hydrogen-bond acceptors (Lipinski definition) is 4. The average Bonchev–Trinajstić information content (AvgIpc) is 3.22. The van der Waals surface area contributed by atoms with Crippen molar-refractivity contribution >= 4 is 5.69 Å². The topological polar surface area (TPSA) is 37.4 Å². The normalized spacial score (nSPS) is 14.8. The van der Waals surface area contributed by atoms with Crippen molar-refractivity contribution in [3.05, 3.63) is 24.0 Å². The van der Waals surface area contributed by atoms with Gasteiger partial charge in [0.2, 0.25) is 0 Å². The summed E-state index contributed by atoms with van der Waals surface area (Å²) in [5.41, 5.74) is 2.35. The van der Waals surface area contributed by atoms with Gasteiger partial charge in [-0.05, 0) is 31.9 Å². The van der Waals surface area contributed by atoms with E-state index in [2.05, 4.69) is 34.3 Å². The molecule has 0 bridgehead atoms. The van der Waals surface area contributed by atoms with Crippen LogP contribution in [-0.2, 0) is 11.3 Å². The lowest BCUT2D eigenvalue weighted by Gasteiger charge is -2.23. The lowest BCUT2D eigenvalue weighted by Crippen LogP contribution is -2.27. The molecule has 1 aliphatic rings. The summed E-state index contributed by atoms with van der Waals surface area (Å²) >= 11 is 0. The Hall–Kier alpha value is -1.13. The number of ether oxygens (including phenoxy) is 1. The van der Waals surface area contributed by atoms with Crippen LogP contribution >= 0.6 is 0 Å². The van der Waals surface area contributed by atoms with Crippen molar-refractivity contribution in [3.63, 3.8) is 0 Å². The molecule has 1 N–H and O–H groups in total. The Morgan fingerprint density at radius 2 is 2.33 bits per heavy atom. The molecular weight excluding hydrogens is 226 g/mol. The number of likely N-dealkylation sites (N-methyl/N-ethyl adjacent to an activating group) is 1. The largest absolute Gasteiger partial charge is 0.383 e. The maximum atomic E-state index is 5.14. The molecule has 0 spiro atoms. The first-order valence-corrected chi connectivity index (χ1v) is 6.75. The van der Waals surface area contributed by atoms with Crippen LogP contribution in [0.25, 0.3) is 0 Å². The van der Waals surface area contributed by atoms with Gasteiger partial charge in [-0.25, -0.2) is 0 Å². The molecule has 0 atom stereocenters. The number of hydrogen-bond donors (Lipinski definition) is 1. The molecule has 1 heterocycles. The fourth-order valence-corrected chi connectivity index (χ4v) is 1.97. The summed E-state index contributed by atoms with van der Waals surface area (Å²) in [5.74, 6) is 0. The molecule has 0 amide bonds. The highest BCUT2D eigenvalue weighted by atomic mass is 16.5. The number of methoxy groups -OCH3 is 1. The predicted molar refractivity (Wildman–Crippen MR) is 73.9 cm³/mol. The molecule has 4 heteroatoms. The molecule has 1 aromatic rings. The van der Waals surface area contributed by atoms with E-state index in [1.807, 2.05) is 6.20 Å². The van der Waals surface area contributed by atoms with Crippen molar-refractivity contribution in [1.29, 1.82) is 0 Å². The Morgan fingerprint density at radius 3 is 3.00 bits per heavy atom. The first kappa shape index (κ1) is 13.3. The van der Waals surface area contributed by atoms with Crippen molar-refractivity contribution < 1.29 is 4.74 Å². The quantitative estimate of drug-likeness (QED) is 0.762. The zero-order valence-electron chi connectivity index (χ0n) is 11.4. The van der Waals surface area contributed by atoms with E-state index in [1.54, 1.807) is 7.11 Å². The molecule has 0 saturated heterocycles. The summed E-state index contributed by atoms with van der Waals surface area (Å²) < 4.78 is 5.14. The second-order valence-corrected chi connectivity index (χ2v) is 4.73. The van der Waals surface area contributed by atoms with Crippen LogP contribution < -0.4 is 10.2 Å². The van der Waals surface area contributed by atoms with Gasteiger partial charge in [0.15, 0.2) is 0 Å². The number of aromatic nitrogens is 1. The van der Waals surface area contributed by atoms with E-state index < -0.39 is 0 Å². The molecule has 4 nitrogen and oxygen atoms in total. The summed E-state index contributed by atoms with van der Waals surface area (Å²) in [7, 11) is 1.74. The Bertz CT molecular complexity index is 366. The van der Waals surface area contributed by atoms with Crippen molar-refractivity contribution in [2.45, 2.75) is 32.4 Å². The molecule has 1 aliphatic carbocycles. The lowest BCUT2D eigenvalue weighted by molar-refractivity contribution is 0.205. The maximum Gasteiger partial charge on any atom is 0.0637 e. The molecule has 0 aliphatic heterocycles. The summed E-state index contributed by atoms with van der Waals surface area (Å²) in [4.78, 5) is 6.73. The van der Waals surface area contributed by atoms with E-state index in [1.165, 1.54) is 18.5 Å². The molecule has 1 fully saturated rings. The van der Waals surface area contributed by atoms with Gasteiger partial charge in [-0.1, -0.05) is 0 Å². The second kappa shape index (κ2) is 6.71. The van der Waals surface area contributed by atoms with E-state index in [-0.39, 0.29) is 0 Å². The smallest absolute Gasteiger partial charge is 0.0637 e.